The van der Waals surface area contributed by atoms with Crippen molar-refractivity contribution in [1.29, 1.82) is 0 Å². The molecular formula is C18H20BrN3O4. The number of rotatable bonds is 8. The van der Waals surface area contributed by atoms with Gasteiger partial charge in [-0.25, -0.2) is 0 Å². The highest BCUT2D eigenvalue weighted by Gasteiger charge is 2.13. The van der Waals surface area contributed by atoms with Crippen molar-refractivity contribution in [2.45, 2.75) is 13.0 Å². The summed E-state index contributed by atoms with van der Waals surface area (Å²) in [4.78, 5) is 37.2. The molecule has 0 aliphatic carbocycles. The Balaban J connectivity index is 1.67. The molecule has 7 nitrogen and oxygen atoms in total. The maximum atomic E-state index is 12.0. The van der Waals surface area contributed by atoms with E-state index in [1.165, 1.54) is 11.2 Å². The zero-order chi connectivity index (χ0) is 18.9. The Labute approximate surface area is 159 Å². The van der Waals surface area contributed by atoms with Crippen LogP contribution in [0.15, 0.2) is 51.6 Å². The van der Waals surface area contributed by atoms with E-state index in [1.807, 2.05) is 0 Å². The summed E-state index contributed by atoms with van der Waals surface area (Å²) >= 11 is 3.30. The highest BCUT2D eigenvalue weighted by Crippen LogP contribution is 2.10. The van der Waals surface area contributed by atoms with Gasteiger partial charge in [-0.05, 0) is 36.4 Å². The first kappa shape index (κ1) is 19.7. The van der Waals surface area contributed by atoms with Crippen LogP contribution in [-0.4, -0.2) is 42.8 Å². The lowest BCUT2D eigenvalue weighted by Gasteiger charge is -2.16. The maximum Gasteiger partial charge on any atom is 0.251 e. The fraction of sp³-hybridized carbons (Fsp3) is 0.278. The van der Waals surface area contributed by atoms with Gasteiger partial charge in [-0.1, -0.05) is 15.9 Å². The van der Waals surface area contributed by atoms with Gasteiger partial charge in [-0.3, -0.25) is 14.4 Å². The van der Waals surface area contributed by atoms with Crippen molar-refractivity contribution in [3.63, 3.8) is 0 Å². The fourth-order valence-electron chi connectivity index (χ4n) is 2.14. The molecule has 0 fully saturated rings. The minimum atomic E-state index is -0.281. The second-order valence-electron chi connectivity index (χ2n) is 5.62. The molecule has 0 bridgehead atoms. The molecule has 0 saturated carbocycles. The Kier molecular flexibility index (Phi) is 7.40. The third-order valence-corrected chi connectivity index (χ3v) is 4.11. The zero-order valence-electron chi connectivity index (χ0n) is 14.3. The van der Waals surface area contributed by atoms with Gasteiger partial charge in [-0.2, -0.15) is 0 Å². The third kappa shape index (κ3) is 6.36. The number of carbonyl (C=O) groups is 3. The quantitative estimate of drug-likeness (QED) is 0.680. The van der Waals surface area contributed by atoms with Gasteiger partial charge >= 0.3 is 0 Å². The van der Waals surface area contributed by atoms with Gasteiger partial charge in [0, 0.05) is 30.0 Å². The SMILES string of the molecule is CN(CC(=O)NCc1ccco1)C(=O)CCNC(=O)c1ccc(Br)cc1. The number of benzene rings is 1. The molecule has 0 aliphatic rings. The predicted octanol–water partition coefficient (Wildman–Crippen LogP) is 1.94. The van der Waals surface area contributed by atoms with E-state index in [9.17, 15) is 14.4 Å². The topological polar surface area (TPSA) is 91.7 Å². The van der Waals surface area contributed by atoms with Crippen molar-refractivity contribution in [1.82, 2.24) is 15.5 Å². The number of hydrogen-bond acceptors (Lipinski definition) is 4. The summed E-state index contributed by atoms with van der Waals surface area (Å²) in [6, 6.07) is 10.4. The number of amides is 3. The summed E-state index contributed by atoms with van der Waals surface area (Å²) < 4.78 is 6.00. The molecule has 0 radical (unpaired) electrons. The number of likely N-dealkylation sites (N-methyl/N-ethyl adjacent to an activating group) is 1. The number of nitrogens with one attached hydrogen (secondary N) is 2. The molecule has 0 unspecified atom stereocenters. The van der Waals surface area contributed by atoms with Gasteiger partial charge in [0.15, 0.2) is 0 Å². The number of nitrogens with zero attached hydrogens (tertiary/aromatic N) is 1. The molecule has 0 saturated heterocycles. The van der Waals surface area contributed by atoms with Crippen LogP contribution in [0.2, 0.25) is 0 Å². The van der Waals surface area contributed by atoms with Gasteiger partial charge in [0.05, 0.1) is 19.4 Å². The number of hydrogen-bond donors (Lipinski definition) is 2. The van der Waals surface area contributed by atoms with Crippen molar-refractivity contribution < 1.29 is 18.8 Å². The molecule has 8 heteroatoms. The average molecular weight is 422 g/mol. The van der Waals surface area contributed by atoms with E-state index in [-0.39, 0.29) is 43.8 Å². The molecule has 26 heavy (non-hydrogen) atoms. The van der Waals surface area contributed by atoms with Crippen molar-refractivity contribution >= 4 is 33.7 Å². The summed E-state index contributed by atoms with van der Waals surface area (Å²) in [7, 11) is 1.55. The van der Waals surface area contributed by atoms with E-state index in [0.717, 1.165) is 4.47 Å². The number of carbonyl (C=O) groups excluding carboxylic acids is 3. The maximum absolute atomic E-state index is 12.0. The highest BCUT2D eigenvalue weighted by atomic mass is 79.9. The van der Waals surface area contributed by atoms with Crippen molar-refractivity contribution in [3.05, 3.63) is 58.5 Å². The van der Waals surface area contributed by atoms with Gasteiger partial charge in [0.25, 0.3) is 5.91 Å². The van der Waals surface area contributed by atoms with E-state index in [2.05, 4.69) is 26.6 Å². The Morgan fingerprint density at radius 1 is 1.12 bits per heavy atom. The monoisotopic (exact) mass is 421 g/mol. The van der Waals surface area contributed by atoms with Crippen LogP contribution in [-0.2, 0) is 16.1 Å². The molecule has 2 N–H and O–H groups in total. The molecule has 0 spiro atoms. The van der Waals surface area contributed by atoms with E-state index in [4.69, 9.17) is 4.42 Å². The van der Waals surface area contributed by atoms with Crippen LogP contribution in [0.1, 0.15) is 22.5 Å². The molecular weight excluding hydrogens is 402 g/mol. The first-order chi connectivity index (χ1) is 12.5. The second kappa shape index (κ2) is 9.76. The molecule has 1 aromatic heterocycles. The van der Waals surface area contributed by atoms with E-state index >= 15 is 0 Å². The standard InChI is InChI=1S/C18H20BrN3O4/c1-22(12-16(23)21-11-15-3-2-10-26-15)17(24)8-9-20-18(25)13-4-6-14(19)7-5-13/h2-7,10H,8-9,11-12H2,1H3,(H,20,25)(H,21,23). The normalized spacial score (nSPS) is 10.2. The fourth-order valence-corrected chi connectivity index (χ4v) is 2.40. The zero-order valence-corrected chi connectivity index (χ0v) is 15.9. The van der Waals surface area contributed by atoms with Gasteiger partial charge in [0.2, 0.25) is 11.8 Å². The summed E-state index contributed by atoms with van der Waals surface area (Å²) in [6.45, 7) is 0.420. The van der Waals surface area contributed by atoms with Crippen molar-refractivity contribution in [3.8, 4) is 0 Å². The molecule has 0 aliphatic heterocycles. The summed E-state index contributed by atoms with van der Waals surface area (Å²) in [6.07, 6.45) is 1.64. The molecule has 2 aromatic rings. The van der Waals surface area contributed by atoms with E-state index in [1.54, 1.807) is 43.4 Å². The Hall–Kier alpha value is -2.61. The largest absolute Gasteiger partial charge is 0.467 e. The van der Waals surface area contributed by atoms with Gasteiger partial charge in [-0.15, -0.1) is 0 Å². The van der Waals surface area contributed by atoms with Crippen LogP contribution in [0.4, 0.5) is 0 Å². The molecule has 1 heterocycles. The lowest BCUT2D eigenvalue weighted by atomic mass is 10.2. The molecule has 1 aromatic carbocycles. The molecule has 0 atom stereocenters. The molecule has 138 valence electrons. The van der Waals surface area contributed by atoms with Crippen LogP contribution in [0, 0.1) is 0 Å². The van der Waals surface area contributed by atoms with Crippen LogP contribution in [0.5, 0.6) is 0 Å². The predicted molar refractivity (Wildman–Crippen MR) is 99.3 cm³/mol. The van der Waals surface area contributed by atoms with Crippen molar-refractivity contribution in [2.24, 2.45) is 0 Å². The van der Waals surface area contributed by atoms with Crippen LogP contribution >= 0.6 is 15.9 Å². The summed E-state index contributed by atoms with van der Waals surface area (Å²) in [5, 5.41) is 5.36. The molecule has 3 amide bonds. The van der Waals surface area contributed by atoms with Crippen LogP contribution < -0.4 is 10.6 Å². The van der Waals surface area contributed by atoms with E-state index in [0.29, 0.717) is 11.3 Å². The first-order valence-corrected chi connectivity index (χ1v) is 8.82. The lowest BCUT2D eigenvalue weighted by molar-refractivity contribution is -0.134. The number of furan rings is 1. The van der Waals surface area contributed by atoms with Crippen molar-refractivity contribution in [2.75, 3.05) is 20.1 Å². The number of halogens is 1. The van der Waals surface area contributed by atoms with Gasteiger partial charge in [0.1, 0.15) is 5.76 Å². The van der Waals surface area contributed by atoms with Crippen LogP contribution in [0.25, 0.3) is 0 Å². The smallest absolute Gasteiger partial charge is 0.251 e. The second-order valence-corrected chi connectivity index (χ2v) is 6.53. The van der Waals surface area contributed by atoms with Gasteiger partial charge < -0.3 is 20.0 Å². The molecule has 2 rings (SSSR count). The van der Waals surface area contributed by atoms with Crippen LogP contribution in [0.3, 0.4) is 0 Å². The summed E-state index contributed by atoms with van der Waals surface area (Å²) in [5.41, 5.74) is 0.520. The Morgan fingerprint density at radius 2 is 1.85 bits per heavy atom. The third-order valence-electron chi connectivity index (χ3n) is 3.58. The summed E-state index contributed by atoms with van der Waals surface area (Å²) in [5.74, 6) is -0.113. The van der Waals surface area contributed by atoms with E-state index < -0.39 is 0 Å². The highest BCUT2D eigenvalue weighted by molar-refractivity contribution is 9.10. The first-order valence-electron chi connectivity index (χ1n) is 8.02. The lowest BCUT2D eigenvalue weighted by Crippen LogP contribution is -2.39. The Morgan fingerprint density at radius 3 is 2.50 bits per heavy atom. The minimum absolute atomic E-state index is 0.0554. The minimum Gasteiger partial charge on any atom is -0.467 e. The average Bonchev–Trinajstić information content (AvgIpc) is 3.14. The Bertz CT molecular complexity index is 744.